The summed E-state index contributed by atoms with van der Waals surface area (Å²) in [5.41, 5.74) is 3.00. The van der Waals surface area contributed by atoms with Gasteiger partial charge in [-0.15, -0.1) is 0 Å². The Morgan fingerprint density at radius 1 is 1.33 bits per heavy atom. The van der Waals surface area contributed by atoms with E-state index < -0.39 is 5.97 Å². The molecule has 1 heterocycles. The van der Waals surface area contributed by atoms with E-state index >= 15 is 0 Å². The Kier molecular flexibility index (Phi) is 4.31. The van der Waals surface area contributed by atoms with Crippen molar-refractivity contribution in [1.29, 1.82) is 0 Å². The second-order valence-corrected chi connectivity index (χ2v) is 5.48. The first-order valence-electron chi connectivity index (χ1n) is 7.03. The number of benzene rings is 1. The van der Waals surface area contributed by atoms with Gasteiger partial charge in [0, 0.05) is 17.7 Å². The summed E-state index contributed by atoms with van der Waals surface area (Å²) in [4.78, 5) is 23.4. The summed E-state index contributed by atoms with van der Waals surface area (Å²) in [6.07, 6.45) is 0.206. The lowest BCUT2D eigenvalue weighted by Crippen LogP contribution is -2.18. The largest absolute Gasteiger partial charge is 0.481 e. The molecule has 5 heteroatoms. The molecule has 0 amide bonds. The highest BCUT2D eigenvalue weighted by atomic mass is 16.4. The minimum absolute atomic E-state index is 0.0411. The van der Waals surface area contributed by atoms with Gasteiger partial charge in [-0.2, -0.15) is 0 Å². The molecule has 2 aromatic rings. The van der Waals surface area contributed by atoms with Gasteiger partial charge >= 0.3 is 5.97 Å². The number of aromatic nitrogens is 2. The SMILES string of the molecule is Cc1ccccc1-n1[nH]c(C(C)C)c(CCC(=O)O)c1=O. The smallest absolute Gasteiger partial charge is 0.303 e. The lowest BCUT2D eigenvalue weighted by Gasteiger charge is -2.06. The van der Waals surface area contributed by atoms with Crippen LogP contribution in [0.2, 0.25) is 0 Å². The highest BCUT2D eigenvalue weighted by molar-refractivity contribution is 5.67. The Bertz CT molecular complexity index is 711. The first kappa shape index (κ1) is 15.1. The first-order chi connectivity index (χ1) is 9.91. The van der Waals surface area contributed by atoms with E-state index in [1.165, 1.54) is 4.68 Å². The molecule has 0 aliphatic carbocycles. The molecule has 21 heavy (non-hydrogen) atoms. The molecule has 2 rings (SSSR count). The van der Waals surface area contributed by atoms with Gasteiger partial charge in [-0.3, -0.25) is 14.7 Å². The van der Waals surface area contributed by atoms with Gasteiger partial charge in [-0.1, -0.05) is 32.0 Å². The molecule has 0 unspecified atom stereocenters. The van der Waals surface area contributed by atoms with Crippen LogP contribution >= 0.6 is 0 Å². The molecule has 0 atom stereocenters. The minimum Gasteiger partial charge on any atom is -0.481 e. The summed E-state index contributed by atoms with van der Waals surface area (Å²) in [5.74, 6) is -0.764. The molecule has 0 aliphatic heterocycles. The third kappa shape index (κ3) is 3.07. The van der Waals surface area contributed by atoms with Crippen LogP contribution in [-0.4, -0.2) is 20.9 Å². The Labute approximate surface area is 123 Å². The van der Waals surface area contributed by atoms with Gasteiger partial charge in [-0.25, -0.2) is 4.68 Å². The van der Waals surface area contributed by atoms with Crippen molar-refractivity contribution in [3.63, 3.8) is 0 Å². The maximum Gasteiger partial charge on any atom is 0.303 e. The van der Waals surface area contributed by atoms with Gasteiger partial charge in [0.05, 0.1) is 5.69 Å². The number of hydrogen-bond acceptors (Lipinski definition) is 2. The quantitative estimate of drug-likeness (QED) is 0.888. The molecule has 0 bridgehead atoms. The van der Waals surface area contributed by atoms with Crippen molar-refractivity contribution in [3.05, 3.63) is 51.4 Å². The van der Waals surface area contributed by atoms with E-state index in [-0.39, 0.29) is 24.3 Å². The standard InChI is InChI=1S/C16H20N2O3/c1-10(2)15-12(8-9-14(19)20)16(21)18(17-15)13-7-5-4-6-11(13)3/h4-7,10,17H,8-9H2,1-3H3,(H,19,20). The van der Waals surface area contributed by atoms with Crippen LogP contribution in [0.15, 0.2) is 29.1 Å². The van der Waals surface area contributed by atoms with E-state index in [1.54, 1.807) is 0 Å². The number of nitrogens with zero attached hydrogens (tertiary/aromatic N) is 1. The van der Waals surface area contributed by atoms with Crippen LogP contribution in [0.3, 0.4) is 0 Å². The molecule has 1 aromatic carbocycles. The number of para-hydroxylation sites is 1. The van der Waals surface area contributed by atoms with Gasteiger partial charge in [0.15, 0.2) is 0 Å². The molecule has 0 fully saturated rings. The number of aromatic amines is 1. The summed E-state index contributed by atoms with van der Waals surface area (Å²) >= 11 is 0. The van der Waals surface area contributed by atoms with Gasteiger partial charge < -0.3 is 5.11 Å². The zero-order valence-electron chi connectivity index (χ0n) is 12.5. The zero-order valence-corrected chi connectivity index (χ0v) is 12.5. The van der Waals surface area contributed by atoms with E-state index in [0.717, 1.165) is 16.9 Å². The van der Waals surface area contributed by atoms with Crippen LogP contribution in [0.4, 0.5) is 0 Å². The molecule has 0 radical (unpaired) electrons. The first-order valence-corrected chi connectivity index (χ1v) is 7.03. The fourth-order valence-electron chi connectivity index (χ4n) is 2.42. The maximum atomic E-state index is 12.6. The molecular weight excluding hydrogens is 268 g/mol. The number of carbonyl (C=O) groups is 1. The van der Waals surface area contributed by atoms with Crippen LogP contribution in [-0.2, 0) is 11.2 Å². The van der Waals surface area contributed by atoms with Gasteiger partial charge in [0.2, 0.25) is 0 Å². The Balaban J connectivity index is 2.54. The number of aliphatic carboxylic acids is 1. The fraction of sp³-hybridized carbons (Fsp3) is 0.375. The van der Waals surface area contributed by atoms with E-state index in [2.05, 4.69) is 5.10 Å². The van der Waals surface area contributed by atoms with E-state index in [9.17, 15) is 9.59 Å². The van der Waals surface area contributed by atoms with Crippen molar-refractivity contribution >= 4 is 5.97 Å². The van der Waals surface area contributed by atoms with Crippen molar-refractivity contribution < 1.29 is 9.90 Å². The molecule has 112 valence electrons. The predicted molar refractivity (Wildman–Crippen MR) is 81.2 cm³/mol. The van der Waals surface area contributed by atoms with Crippen LogP contribution in [0, 0.1) is 6.92 Å². The third-order valence-electron chi connectivity index (χ3n) is 3.54. The highest BCUT2D eigenvalue weighted by Crippen LogP contribution is 2.19. The average Bonchev–Trinajstić information content (AvgIpc) is 2.74. The molecule has 0 aliphatic rings. The van der Waals surface area contributed by atoms with Crippen molar-refractivity contribution in [1.82, 2.24) is 9.78 Å². The number of hydrogen-bond donors (Lipinski definition) is 2. The van der Waals surface area contributed by atoms with Crippen molar-refractivity contribution in [2.45, 2.75) is 39.5 Å². The number of rotatable bonds is 5. The summed E-state index contributed by atoms with van der Waals surface area (Å²) in [7, 11) is 0. The molecule has 0 saturated heterocycles. The molecule has 1 aromatic heterocycles. The Morgan fingerprint density at radius 2 is 2.00 bits per heavy atom. The van der Waals surface area contributed by atoms with Gasteiger partial charge in [0.25, 0.3) is 5.56 Å². The number of carboxylic acids is 1. The fourth-order valence-corrected chi connectivity index (χ4v) is 2.42. The van der Waals surface area contributed by atoms with E-state index in [4.69, 9.17) is 5.11 Å². The summed E-state index contributed by atoms with van der Waals surface area (Å²) in [6, 6.07) is 7.61. The summed E-state index contributed by atoms with van der Waals surface area (Å²) in [5, 5.41) is 12.0. The second kappa shape index (κ2) is 5.99. The van der Waals surface area contributed by atoms with Gasteiger partial charge in [-0.05, 0) is 30.9 Å². The predicted octanol–water partition coefficient (Wildman–Crippen LogP) is 2.61. The highest BCUT2D eigenvalue weighted by Gasteiger charge is 2.18. The van der Waals surface area contributed by atoms with E-state index in [0.29, 0.717) is 5.56 Å². The van der Waals surface area contributed by atoms with E-state index in [1.807, 2.05) is 45.0 Å². The van der Waals surface area contributed by atoms with Crippen molar-refractivity contribution in [3.8, 4) is 5.69 Å². The molecule has 0 spiro atoms. The summed E-state index contributed by atoms with van der Waals surface area (Å²) < 4.78 is 1.52. The van der Waals surface area contributed by atoms with Crippen molar-refractivity contribution in [2.24, 2.45) is 0 Å². The number of carboxylic acid groups (broad SMARTS) is 1. The third-order valence-corrected chi connectivity index (χ3v) is 3.54. The number of nitrogens with one attached hydrogen (secondary N) is 1. The molecule has 5 nitrogen and oxygen atoms in total. The van der Waals surface area contributed by atoms with Crippen LogP contribution in [0.5, 0.6) is 0 Å². The second-order valence-electron chi connectivity index (χ2n) is 5.48. The topological polar surface area (TPSA) is 75.1 Å². The monoisotopic (exact) mass is 288 g/mol. The average molecular weight is 288 g/mol. The normalized spacial score (nSPS) is 11.0. The Morgan fingerprint density at radius 3 is 2.57 bits per heavy atom. The lowest BCUT2D eigenvalue weighted by atomic mass is 10.0. The van der Waals surface area contributed by atoms with Crippen LogP contribution in [0.1, 0.15) is 43.0 Å². The molecular formula is C16H20N2O3. The number of H-pyrrole nitrogens is 1. The number of aryl methyl sites for hydroxylation is 1. The zero-order chi connectivity index (χ0) is 15.6. The van der Waals surface area contributed by atoms with Gasteiger partial charge in [0.1, 0.15) is 0 Å². The lowest BCUT2D eigenvalue weighted by molar-refractivity contribution is -0.136. The van der Waals surface area contributed by atoms with Crippen LogP contribution in [0.25, 0.3) is 5.69 Å². The summed E-state index contributed by atoms with van der Waals surface area (Å²) in [6.45, 7) is 5.91. The molecule has 0 saturated carbocycles. The molecule has 2 N–H and O–H groups in total. The maximum absolute atomic E-state index is 12.6. The Hall–Kier alpha value is -2.30. The van der Waals surface area contributed by atoms with Crippen LogP contribution < -0.4 is 5.56 Å². The minimum atomic E-state index is -0.896. The van der Waals surface area contributed by atoms with Crippen molar-refractivity contribution in [2.75, 3.05) is 0 Å².